The van der Waals surface area contributed by atoms with Gasteiger partial charge in [-0.2, -0.15) is 10.4 Å². The van der Waals surface area contributed by atoms with Gasteiger partial charge in [0.05, 0.1) is 51.0 Å². The van der Waals surface area contributed by atoms with Crippen molar-refractivity contribution >= 4 is 62.9 Å². The summed E-state index contributed by atoms with van der Waals surface area (Å²) in [6, 6.07) is 13.8. The van der Waals surface area contributed by atoms with E-state index < -0.39 is 29.7 Å². The second-order valence-corrected chi connectivity index (χ2v) is 15.8. The highest BCUT2D eigenvalue weighted by Crippen LogP contribution is 2.38. The first-order valence-corrected chi connectivity index (χ1v) is 20.0. The Morgan fingerprint density at radius 3 is 2.60 bits per heavy atom. The van der Waals surface area contributed by atoms with Crippen LogP contribution in [0.3, 0.4) is 0 Å². The molecule has 18 heteroatoms. The third kappa shape index (κ3) is 6.56. The fourth-order valence-electron chi connectivity index (χ4n) is 8.41. The number of anilines is 3. The number of piperazine rings is 1. The topological polar surface area (TPSA) is 202 Å². The molecule has 3 saturated heterocycles. The van der Waals surface area contributed by atoms with E-state index in [1.165, 1.54) is 17.5 Å². The van der Waals surface area contributed by atoms with Crippen LogP contribution in [0.25, 0.3) is 27.5 Å². The summed E-state index contributed by atoms with van der Waals surface area (Å²) in [6.45, 7) is 3.57. The van der Waals surface area contributed by atoms with Crippen LogP contribution in [0.1, 0.15) is 58.4 Å². The maximum Gasteiger partial charge on any atom is 0.264 e. The second kappa shape index (κ2) is 15.0. The molecule has 1 aromatic carbocycles. The lowest BCUT2D eigenvalue weighted by atomic mass is 9.93. The molecular formula is C40H38N12O5S. The maximum atomic E-state index is 13.7. The Morgan fingerprint density at radius 2 is 1.81 bits per heavy atom. The number of hydrogen-bond donors (Lipinski definition) is 2. The first-order chi connectivity index (χ1) is 28.2. The molecule has 4 aliphatic rings. The first kappa shape index (κ1) is 36.9. The number of pyridine rings is 1. The highest BCUT2D eigenvalue weighted by molar-refractivity contribution is 7.18. The van der Waals surface area contributed by atoms with Gasteiger partial charge < -0.3 is 20.0 Å². The first-order valence-electron chi connectivity index (χ1n) is 19.2. The average molecular weight is 799 g/mol. The molecule has 3 fully saturated rings. The SMILES string of the molecule is CNc1cc(-c2ccc3cc(C#N)cnn23)ncc1-c1nnc(N2CCN(C(=O)C[C@@H]3CCCN(c4cccc5c4C(=O)N(C4CCC(=O)NC4=O)C5=O)C3)CC2)s1. The van der Waals surface area contributed by atoms with E-state index >= 15 is 0 Å². The predicted octanol–water partition coefficient (Wildman–Crippen LogP) is 3.18. The normalized spacial score (nSPS) is 19.7. The Kier molecular flexibility index (Phi) is 9.52. The van der Waals surface area contributed by atoms with Gasteiger partial charge >= 0.3 is 0 Å². The van der Waals surface area contributed by atoms with Crippen molar-refractivity contribution in [2.45, 2.75) is 38.1 Å². The van der Waals surface area contributed by atoms with Gasteiger partial charge in [0.1, 0.15) is 12.1 Å². The number of fused-ring (bicyclic) bond motifs is 2. The van der Waals surface area contributed by atoms with Crippen LogP contribution in [0.2, 0.25) is 0 Å². The monoisotopic (exact) mass is 798 g/mol. The molecule has 0 radical (unpaired) electrons. The maximum absolute atomic E-state index is 13.7. The zero-order valence-electron chi connectivity index (χ0n) is 31.6. The van der Waals surface area contributed by atoms with Crippen LogP contribution in [0.15, 0.2) is 54.9 Å². The van der Waals surface area contributed by atoms with Crippen molar-refractivity contribution in [1.82, 2.24) is 39.9 Å². The smallest absolute Gasteiger partial charge is 0.264 e. The molecule has 2 atom stereocenters. The summed E-state index contributed by atoms with van der Waals surface area (Å²) in [5.74, 6) is -1.97. The lowest BCUT2D eigenvalue weighted by Gasteiger charge is -2.38. The van der Waals surface area contributed by atoms with E-state index in [-0.39, 0.29) is 35.8 Å². The van der Waals surface area contributed by atoms with E-state index in [1.54, 1.807) is 28.9 Å². The number of piperidine rings is 2. The molecule has 8 heterocycles. The van der Waals surface area contributed by atoms with E-state index in [4.69, 9.17) is 4.98 Å². The molecule has 4 aromatic heterocycles. The van der Waals surface area contributed by atoms with Crippen molar-refractivity contribution in [3.05, 3.63) is 71.5 Å². The van der Waals surface area contributed by atoms with Crippen molar-refractivity contribution < 1.29 is 24.0 Å². The van der Waals surface area contributed by atoms with E-state index in [1.807, 2.05) is 36.2 Å². The summed E-state index contributed by atoms with van der Waals surface area (Å²) in [5, 5.41) is 29.6. The second-order valence-electron chi connectivity index (χ2n) is 14.8. The molecule has 0 bridgehead atoms. The van der Waals surface area contributed by atoms with Gasteiger partial charge in [0, 0.05) is 71.0 Å². The van der Waals surface area contributed by atoms with Crippen LogP contribution < -0.4 is 20.4 Å². The number of nitrogens with zero attached hydrogens (tertiary/aromatic N) is 10. The van der Waals surface area contributed by atoms with Crippen LogP contribution >= 0.6 is 11.3 Å². The van der Waals surface area contributed by atoms with E-state index in [2.05, 4.69) is 41.8 Å². The summed E-state index contributed by atoms with van der Waals surface area (Å²) in [4.78, 5) is 76.9. The van der Waals surface area contributed by atoms with Crippen LogP contribution in [0.4, 0.5) is 16.5 Å². The Morgan fingerprint density at radius 1 is 0.966 bits per heavy atom. The lowest BCUT2D eigenvalue weighted by Crippen LogP contribution is -2.54. The Hall–Kier alpha value is -6.74. The molecule has 9 rings (SSSR count). The van der Waals surface area contributed by atoms with E-state index in [0.29, 0.717) is 62.6 Å². The molecule has 294 valence electrons. The van der Waals surface area contributed by atoms with Crippen molar-refractivity contribution in [2.24, 2.45) is 5.92 Å². The zero-order chi connectivity index (χ0) is 40.1. The molecule has 58 heavy (non-hydrogen) atoms. The van der Waals surface area contributed by atoms with Gasteiger partial charge in [-0.1, -0.05) is 17.4 Å². The summed E-state index contributed by atoms with van der Waals surface area (Å²) in [5.41, 5.74) is 5.59. The summed E-state index contributed by atoms with van der Waals surface area (Å²) < 4.78 is 1.75. The number of rotatable bonds is 8. The number of amides is 5. The average Bonchev–Trinajstić information content (AvgIpc) is 3.97. The highest BCUT2D eigenvalue weighted by atomic mass is 32.1. The molecule has 0 aliphatic carbocycles. The standard InChI is InChI=1S/C40H38N12O5S/c1-42-28-18-29(30-8-7-25-16-24(19-41)20-44-52(25)30)43-21-27(28)37-46-47-40(58-37)49-14-12-48(13-15-49)34(54)17-23-4-3-11-50(22-23)31-6-2-5-26-35(31)39(57)51(38(26)56)32-9-10-33(53)45-36(32)55/h2,5-8,16,18,20-21,23,32H,3-4,9-15,17,22H2,1H3,(H,42,43)(H,45,53,55)/t23-,32?/m0/s1. The van der Waals surface area contributed by atoms with Gasteiger partial charge in [0.25, 0.3) is 11.8 Å². The van der Waals surface area contributed by atoms with Crippen LogP contribution in [-0.4, -0.2) is 116 Å². The Labute approximate surface area is 336 Å². The largest absolute Gasteiger partial charge is 0.387 e. The predicted molar refractivity (Wildman–Crippen MR) is 213 cm³/mol. The molecule has 5 aromatic rings. The fraction of sp³-hybridized carbons (Fsp3) is 0.350. The van der Waals surface area contributed by atoms with Gasteiger partial charge in [0.2, 0.25) is 22.9 Å². The minimum atomic E-state index is -1.03. The number of imide groups is 2. The van der Waals surface area contributed by atoms with Crippen molar-refractivity contribution in [1.29, 1.82) is 5.26 Å². The number of nitriles is 1. The quantitative estimate of drug-likeness (QED) is 0.217. The van der Waals surface area contributed by atoms with Gasteiger partial charge in [-0.15, -0.1) is 10.2 Å². The third-order valence-corrected chi connectivity index (χ3v) is 12.4. The number of carbonyl (C=O) groups excluding carboxylic acids is 5. The summed E-state index contributed by atoms with van der Waals surface area (Å²) in [7, 11) is 1.84. The highest BCUT2D eigenvalue weighted by Gasteiger charge is 2.46. The zero-order valence-corrected chi connectivity index (χ0v) is 32.4. The van der Waals surface area contributed by atoms with E-state index in [0.717, 1.165) is 50.3 Å². The molecule has 4 aliphatic heterocycles. The molecule has 1 unspecified atom stereocenters. The fourth-order valence-corrected chi connectivity index (χ4v) is 9.33. The van der Waals surface area contributed by atoms with E-state index in [9.17, 15) is 29.2 Å². The third-order valence-electron chi connectivity index (χ3n) is 11.4. The molecule has 17 nitrogen and oxygen atoms in total. The van der Waals surface area contributed by atoms with Gasteiger partial charge in [-0.3, -0.25) is 39.2 Å². The summed E-state index contributed by atoms with van der Waals surface area (Å²) in [6.07, 6.45) is 5.52. The van der Waals surface area contributed by atoms with Gasteiger partial charge in [0.15, 0.2) is 5.01 Å². The number of carbonyl (C=O) groups is 5. The molecule has 2 N–H and O–H groups in total. The van der Waals surface area contributed by atoms with Crippen LogP contribution in [-0.2, 0) is 14.4 Å². The van der Waals surface area contributed by atoms with Gasteiger partial charge in [-0.05, 0) is 61.6 Å². The lowest BCUT2D eigenvalue weighted by molar-refractivity contribution is -0.136. The van der Waals surface area contributed by atoms with Crippen molar-refractivity contribution in [2.75, 3.05) is 61.4 Å². The molecular weight excluding hydrogens is 761 g/mol. The van der Waals surface area contributed by atoms with Crippen molar-refractivity contribution in [3.63, 3.8) is 0 Å². The van der Waals surface area contributed by atoms with Crippen LogP contribution in [0.5, 0.6) is 0 Å². The number of hydrogen-bond acceptors (Lipinski definition) is 14. The number of benzene rings is 1. The number of nitrogens with one attached hydrogen (secondary N) is 2. The molecule has 5 amide bonds. The van der Waals surface area contributed by atoms with Crippen molar-refractivity contribution in [3.8, 4) is 28.0 Å². The molecule has 0 spiro atoms. The molecule has 0 saturated carbocycles. The van der Waals surface area contributed by atoms with Crippen LogP contribution in [0, 0.1) is 17.2 Å². The summed E-state index contributed by atoms with van der Waals surface area (Å²) >= 11 is 1.47. The Balaban J connectivity index is 0.819. The minimum Gasteiger partial charge on any atom is -0.387 e. The minimum absolute atomic E-state index is 0.0577. The Bertz CT molecular complexity index is 2550. The van der Waals surface area contributed by atoms with Gasteiger partial charge in [-0.25, -0.2) is 4.52 Å². The number of aromatic nitrogens is 5.